The molecule has 0 heterocycles. The van der Waals surface area contributed by atoms with E-state index in [2.05, 4.69) is 0 Å². The third-order valence-electron chi connectivity index (χ3n) is 6.35. The standard InChI is InChI=1S/C28H15F4OP/c29-20-6-2-7-21(30)27(20)34(33,28-22(31)8-3-9-23(28)32)24-15-13-18-11-10-16-4-1-5-17-12-14-19(24)26(18)25(16)17/h1-15H. The van der Waals surface area contributed by atoms with Gasteiger partial charge in [0.05, 0.1) is 10.6 Å². The minimum absolute atomic E-state index is 0.0220. The third kappa shape index (κ3) is 2.77. The molecule has 0 saturated heterocycles. The van der Waals surface area contributed by atoms with Crippen LogP contribution in [-0.4, -0.2) is 0 Å². The van der Waals surface area contributed by atoms with E-state index in [9.17, 15) is 4.57 Å². The van der Waals surface area contributed by atoms with Gasteiger partial charge in [-0.3, -0.25) is 0 Å². The fourth-order valence-electron chi connectivity index (χ4n) is 4.93. The molecule has 6 aromatic carbocycles. The summed E-state index contributed by atoms with van der Waals surface area (Å²) >= 11 is 0. The minimum atomic E-state index is -4.69. The Hall–Kier alpha value is -3.69. The Morgan fingerprint density at radius 2 is 0.882 bits per heavy atom. The molecule has 0 unspecified atom stereocenters. The summed E-state index contributed by atoms with van der Waals surface area (Å²) in [6, 6.07) is 22.3. The molecule has 0 aromatic heterocycles. The Morgan fingerprint density at radius 1 is 0.471 bits per heavy atom. The molecule has 0 aliphatic rings. The van der Waals surface area contributed by atoms with Gasteiger partial charge < -0.3 is 4.57 Å². The molecule has 0 radical (unpaired) electrons. The summed E-state index contributed by atoms with van der Waals surface area (Å²) in [7, 11) is -4.69. The van der Waals surface area contributed by atoms with Crippen molar-refractivity contribution in [2.24, 2.45) is 0 Å². The summed E-state index contributed by atoms with van der Waals surface area (Å²) in [5, 5.41) is 3.01. The maximum atomic E-state index is 15.1. The Balaban J connectivity index is 1.85. The van der Waals surface area contributed by atoms with Crippen molar-refractivity contribution in [3.63, 3.8) is 0 Å². The lowest BCUT2D eigenvalue weighted by Gasteiger charge is -2.24. The van der Waals surface area contributed by atoms with Crippen molar-refractivity contribution in [3.05, 3.63) is 114 Å². The van der Waals surface area contributed by atoms with Crippen molar-refractivity contribution < 1.29 is 22.1 Å². The third-order valence-corrected chi connectivity index (χ3v) is 9.53. The van der Waals surface area contributed by atoms with Gasteiger partial charge >= 0.3 is 0 Å². The highest BCUT2D eigenvalue weighted by Crippen LogP contribution is 2.48. The van der Waals surface area contributed by atoms with E-state index in [0.717, 1.165) is 63.3 Å². The van der Waals surface area contributed by atoms with Gasteiger partial charge in [-0.1, -0.05) is 60.7 Å². The van der Waals surface area contributed by atoms with E-state index < -0.39 is 41.0 Å². The molecule has 166 valence electrons. The number of hydrogen-bond donors (Lipinski definition) is 0. The quantitative estimate of drug-likeness (QED) is 0.157. The Kier molecular flexibility index (Phi) is 4.55. The van der Waals surface area contributed by atoms with E-state index in [4.69, 9.17) is 0 Å². The van der Waals surface area contributed by atoms with Crippen LogP contribution < -0.4 is 15.9 Å². The fourth-order valence-corrected chi connectivity index (χ4v) is 7.94. The number of hydrogen-bond acceptors (Lipinski definition) is 1. The molecule has 0 saturated carbocycles. The van der Waals surface area contributed by atoms with Crippen molar-refractivity contribution in [1.29, 1.82) is 0 Å². The van der Waals surface area contributed by atoms with Crippen molar-refractivity contribution in [3.8, 4) is 0 Å². The van der Waals surface area contributed by atoms with Crippen LogP contribution in [0.15, 0.2) is 91.0 Å². The van der Waals surface area contributed by atoms with Gasteiger partial charge in [0.15, 0.2) is 7.14 Å². The Bertz CT molecular complexity index is 1680. The first-order valence-electron chi connectivity index (χ1n) is 10.6. The van der Waals surface area contributed by atoms with Gasteiger partial charge in [-0.15, -0.1) is 0 Å². The second-order valence-electron chi connectivity index (χ2n) is 8.19. The van der Waals surface area contributed by atoms with Gasteiger partial charge in [-0.2, -0.15) is 0 Å². The van der Waals surface area contributed by atoms with E-state index in [1.165, 1.54) is 6.07 Å². The summed E-state index contributed by atoms with van der Waals surface area (Å²) in [6.07, 6.45) is 0. The topological polar surface area (TPSA) is 17.1 Å². The Morgan fingerprint density at radius 3 is 1.41 bits per heavy atom. The van der Waals surface area contributed by atoms with E-state index in [1.807, 2.05) is 36.4 Å². The zero-order chi connectivity index (χ0) is 23.6. The second-order valence-corrected chi connectivity index (χ2v) is 10.8. The molecular weight excluding hydrogens is 459 g/mol. The smallest absolute Gasteiger partial charge is 0.183 e. The molecule has 0 bridgehead atoms. The second kappa shape index (κ2) is 7.41. The molecule has 0 N–H and O–H groups in total. The lowest BCUT2D eigenvalue weighted by molar-refractivity contribution is 0.568. The van der Waals surface area contributed by atoms with Crippen LogP contribution in [0.4, 0.5) is 17.6 Å². The van der Waals surface area contributed by atoms with Gasteiger partial charge in [-0.05, 0) is 62.6 Å². The SMILES string of the molecule is O=P(c1c(F)cccc1F)(c1c(F)cccc1F)c1ccc2ccc3cccc4ccc1c2c34. The van der Waals surface area contributed by atoms with Gasteiger partial charge in [0.25, 0.3) is 0 Å². The molecule has 0 spiro atoms. The molecule has 0 fully saturated rings. The van der Waals surface area contributed by atoms with Crippen LogP contribution in [0.3, 0.4) is 0 Å². The maximum Gasteiger partial charge on any atom is 0.183 e. The lowest BCUT2D eigenvalue weighted by atomic mass is 9.94. The summed E-state index contributed by atoms with van der Waals surface area (Å²) in [4.78, 5) is 0. The van der Waals surface area contributed by atoms with E-state index in [1.54, 1.807) is 12.1 Å². The van der Waals surface area contributed by atoms with E-state index in [-0.39, 0.29) is 5.30 Å². The molecule has 0 aliphatic carbocycles. The highest BCUT2D eigenvalue weighted by Gasteiger charge is 2.41. The van der Waals surface area contributed by atoms with Crippen molar-refractivity contribution >= 4 is 55.4 Å². The van der Waals surface area contributed by atoms with Crippen LogP contribution in [0.5, 0.6) is 0 Å². The van der Waals surface area contributed by atoms with Crippen LogP contribution in [0.1, 0.15) is 0 Å². The first-order valence-corrected chi connectivity index (χ1v) is 12.3. The zero-order valence-electron chi connectivity index (χ0n) is 17.5. The van der Waals surface area contributed by atoms with Gasteiger partial charge in [-0.25, -0.2) is 17.6 Å². The van der Waals surface area contributed by atoms with E-state index in [0.29, 0.717) is 5.39 Å². The van der Waals surface area contributed by atoms with Crippen LogP contribution >= 0.6 is 7.14 Å². The number of halogens is 4. The van der Waals surface area contributed by atoms with E-state index >= 15 is 17.6 Å². The maximum absolute atomic E-state index is 15.1. The normalized spacial score (nSPS) is 12.2. The molecule has 1 nitrogen and oxygen atoms in total. The minimum Gasteiger partial charge on any atom is -0.308 e. The van der Waals surface area contributed by atoms with Gasteiger partial charge in [0.1, 0.15) is 23.3 Å². The lowest BCUT2D eigenvalue weighted by Crippen LogP contribution is -2.33. The summed E-state index contributed by atoms with van der Waals surface area (Å²) in [5.74, 6) is -4.51. The molecule has 0 atom stereocenters. The van der Waals surface area contributed by atoms with Gasteiger partial charge in [0.2, 0.25) is 0 Å². The largest absolute Gasteiger partial charge is 0.308 e. The monoisotopic (exact) mass is 474 g/mol. The number of benzene rings is 6. The summed E-state index contributed by atoms with van der Waals surface area (Å²) < 4.78 is 75.4. The first-order chi connectivity index (χ1) is 16.4. The van der Waals surface area contributed by atoms with Crippen LogP contribution in [0.25, 0.3) is 32.3 Å². The fraction of sp³-hybridized carbons (Fsp3) is 0. The van der Waals surface area contributed by atoms with Crippen LogP contribution in [0, 0.1) is 23.3 Å². The van der Waals surface area contributed by atoms with Crippen molar-refractivity contribution in [1.82, 2.24) is 0 Å². The predicted octanol–water partition coefficient (Wildman–Crippen LogP) is 6.78. The zero-order valence-corrected chi connectivity index (χ0v) is 18.4. The molecule has 6 heteroatoms. The number of rotatable bonds is 3. The molecule has 0 amide bonds. The molecular formula is C28H15F4OP. The predicted molar refractivity (Wildman–Crippen MR) is 129 cm³/mol. The Labute approximate surface area is 192 Å². The van der Waals surface area contributed by atoms with Crippen LogP contribution in [-0.2, 0) is 4.57 Å². The highest BCUT2D eigenvalue weighted by atomic mass is 31.2. The van der Waals surface area contributed by atoms with Crippen molar-refractivity contribution in [2.45, 2.75) is 0 Å². The first kappa shape index (κ1) is 20.9. The molecule has 34 heavy (non-hydrogen) atoms. The molecule has 0 aliphatic heterocycles. The molecule has 6 rings (SSSR count). The highest BCUT2D eigenvalue weighted by molar-refractivity contribution is 7.85. The average molecular weight is 474 g/mol. The van der Waals surface area contributed by atoms with Crippen molar-refractivity contribution in [2.75, 3.05) is 0 Å². The molecule has 6 aromatic rings. The van der Waals surface area contributed by atoms with Gasteiger partial charge in [0, 0.05) is 5.30 Å². The average Bonchev–Trinajstić information content (AvgIpc) is 2.82. The summed E-state index contributed by atoms with van der Waals surface area (Å²) in [5.41, 5.74) is 0. The van der Waals surface area contributed by atoms with Crippen LogP contribution in [0.2, 0.25) is 0 Å². The summed E-state index contributed by atoms with van der Waals surface area (Å²) in [6.45, 7) is 0.